The number of nitrogens with two attached hydrogens (primary N) is 1. The van der Waals surface area contributed by atoms with E-state index in [1.165, 1.54) is 5.56 Å². The van der Waals surface area contributed by atoms with E-state index >= 15 is 0 Å². The molecule has 0 saturated carbocycles. The number of rotatable bonds is 3. The summed E-state index contributed by atoms with van der Waals surface area (Å²) in [5.74, 6) is 0.898. The molecule has 1 atom stereocenters. The van der Waals surface area contributed by atoms with Crippen LogP contribution in [0.25, 0.3) is 0 Å². The van der Waals surface area contributed by atoms with E-state index in [9.17, 15) is 0 Å². The summed E-state index contributed by atoms with van der Waals surface area (Å²) < 4.78 is 5.06. The van der Waals surface area contributed by atoms with E-state index in [1.54, 1.807) is 7.11 Å². The summed E-state index contributed by atoms with van der Waals surface area (Å²) >= 11 is 0. The zero-order chi connectivity index (χ0) is 8.97. The highest BCUT2D eigenvalue weighted by molar-refractivity contribution is 5.27. The molecule has 0 aromatic heterocycles. The first-order valence-corrected chi connectivity index (χ1v) is 4.04. The minimum Gasteiger partial charge on any atom is -0.497 e. The molecule has 0 bridgehead atoms. The standard InChI is InChI=1S/C10H15NO/c1-8(11-2)9-4-6-10(12-3)7-5-9/h4-8H,2,11H2,1,3H3/t8-/m1/s1. The van der Waals surface area contributed by atoms with E-state index in [4.69, 9.17) is 4.74 Å². The molecule has 0 aliphatic rings. The third-order valence-electron chi connectivity index (χ3n) is 2.00. The fourth-order valence-electron chi connectivity index (χ4n) is 1.04. The van der Waals surface area contributed by atoms with Gasteiger partial charge in [-0.25, -0.2) is 0 Å². The summed E-state index contributed by atoms with van der Waals surface area (Å²) in [5, 5.41) is 1.93. The number of benzene rings is 1. The van der Waals surface area contributed by atoms with Crippen molar-refractivity contribution in [3.63, 3.8) is 0 Å². The van der Waals surface area contributed by atoms with E-state index in [-0.39, 0.29) is 0 Å². The lowest BCUT2D eigenvalue weighted by atomic mass is 10.1. The van der Waals surface area contributed by atoms with Gasteiger partial charge in [-0.05, 0) is 31.2 Å². The summed E-state index contributed by atoms with van der Waals surface area (Å²) in [6.07, 6.45) is 0. The van der Waals surface area contributed by atoms with Gasteiger partial charge in [0, 0.05) is 5.56 Å². The minimum absolute atomic E-state index is 0.413. The maximum Gasteiger partial charge on any atom is 0.118 e. The average molecular weight is 165 g/mol. The van der Waals surface area contributed by atoms with E-state index in [2.05, 4.69) is 26.1 Å². The van der Waals surface area contributed by atoms with Crippen LogP contribution in [0.5, 0.6) is 5.75 Å². The van der Waals surface area contributed by atoms with E-state index in [1.807, 2.05) is 17.4 Å². The molecule has 1 aromatic rings. The number of hydrogen-bond donors (Lipinski definition) is 1. The molecule has 0 aliphatic carbocycles. The third kappa shape index (κ3) is 1.98. The topological polar surface area (TPSA) is 25.8 Å². The van der Waals surface area contributed by atoms with Gasteiger partial charge in [0.2, 0.25) is 0 Å². The SMILES string of the molecule is [CH2-][NH2+][C@H](C)c1ccc(OC)cc1. The van der Waals surface area contributed by atoms with Crippen molar-refractivity contribution >= 4 is 0 Å². The van der Waals surface area contributed by atoms with Crippen molar-refractivity contribution in [2.24, 2.45) is 0 Å². The van der Waals surface area contributed by atoms with Gasteiger partial charge in [0.25, 0.3) is 0 Å². The zero-order valence-corrected chi connectivity index (χ0v) is 7.58. The Morgan fingerprint density at radius 1 is 1.33 bits per heavy atom. The highest BCUT2D eigenvalue weighted by Crippen LogP contribution is 2.14. The lowest BCUT2D eigenvalue weighted by molar-refractivity contribution is -0.637. The van der Waals surface area contributed by atoms with Gasteiger partial charge in [0.1, 0.15) is 5.75 Å². The molecule has 2 heteroatoms. The number of quaternary nitrogens is 1. The number of hydrogen-bond acceptors (Lipinski definition) is 1. The highest BCUT2D eigenvalue weighted by Gasteiger charge is 2.02. The first-order valence-electron chi connectivity index (χ1n) is 4.04. The minimum atomic E-state index is 0.413. The molecule has 0 heterocycles. The first-order chi connectivity index (χ1) is 5.77. The molecule has 12 heavy (non-hydrogen) atoms. The van der Waals surface area contributed by atoms with Crippen LogP contribution < -0.4 is 10.1 Å². The molecule has 0 spiro atoms. The maximum absolute atomic E-state index is 5.06. The fourth-order valence-corrected chi connectivity index (χ4v) is 1.04. The van der Waals surface area contributed by atoms with Crippen molar-refractivity contribution in [2.45, 2.75) is 13.0 Å². The molecular weight excluding hydrogens is 150 g/mol. The van der Waals surface area contributed by atoms with Gasteiger partial charge >= 0.3 is 0 Å². The second-order valence-corrected chi connectivity index (χ2v) is 2.80. The third-order valence-corrected chi connectivity index (χ3v) is 2.00. The molecule has 0 radical (unpaired) electrons. The summed E-state index contributed by atoms with van der Waals surface area (Å²) in [7, 11) is 5.42. The van der Waals surface area contributed by atoms with E-state index < -0.39 is 0 Å². The van der Waals surface area contributed by atoms with Gasteiger partial charge in [0.05, 0.1) is 13.2 Å². The quantitative estimate of drug-likeness (QED) is 0.667. The Morgan fingerprint density at radius 3 is 2.33 bits per heavy atom. The molecule has 2 nitrogen and oxygen atoms in total. The van der Waals surface area contributed by atoms with Gasteiger partial charge in [-0.2, -0.15) is 7.05 Å². The molecule has 0 saturated heterocycles. The van der Waals surface area contributed by atoms with Crippen molar-refractivity contribution in [1.29, 1.82) is 0 Å². The van der Waals surface area contributed by atoms with Crippen LogP contribution in [0.15, 0.2) is 24.3 Å². The number of methoxy groups -OCH3 is 1. The molecule has 0 aliphatic heterocycles. The van der Waals surface area contributed by atoms with Crippen molar-refractivity contribution < 1.29 is 10.1 Å². The lowest BCUT2D eigenvalue weighted by Gasteiger charge is -2.11. The monoisotopic (exact) mass is 165 g/mol. The molecule has 1 rings (SSSR count). The summed E-state index contributed by atoms with van der Waals surface area (Å²) in [6.45, 7) is 2.12. The molecule has 0 unspecified atom stereocenters. The van der Waals surface area contributed by atoms with Gasteiger partial charge in [-0.1, -0.05) is 0 Å². The van der Waals surface area contributed by atoms with Gasteiger partial charge in [-0.3, -0.25) is 0 Å². The van der Waals surface area contributed by atoms with Crippen molar-refractivity contribution in [3.05, 3.63) is 36.9 Å². The van der Waals surface area contributed by atoms with Crippen molar-refractivity contribution in [3.8, 4) is 5.75 Å². The molecule has 1 aromatic carbocycles. The smallest absolute Gasteiger partial charge is 0.118 e. The molecular formula is C10H15NO. The lowest BCUT2D eigenvalue weighted by Crippen LogP contribution is -2.77. The Balaban J connectivity index is 2.77. The zero-order valence-electron chi connectivity index (χ0n) is 7.58. The Hall–Kier alpha value is -1.02. The number of ether oxygens (including phenoxy) is 1. The Kier molecular flexibility index (Phi) is 3.11. The Labute approximate surface area is 73.6 Å². The van der Waals surface area contributed by atoms with Crippen LogP contribution in [0.2, 0.25) is 0 Å². The Morgan fingerprint density at radius 2 is 1.92 bits per heavy atom. The molecule has 0 amide bonds. The van der Waals surface area contributed by atoms with Crippen LogP contribution in [0, 0.1) is 7.05 Å². The largest absolute Gasteiger partial charge is 0.497 e. The van der Waals surface area contributed by atoms with E-state index in [0.717, 1.165) is 5.75 Å². The van der Waals surface area contributed by atoms with Crippen molar-refractivity contribution in [1.82, 2.24) is 0 Å². The van der Waals surface area contributed by atoms with E-state index in [0.29, 0.717) is 6.04 Å². The normalized spacial score (nSPS) is 12.6. The molecule has 66 valence electrons. The average Bonchev–Trinajstić information content (AvgIpc) is 2.17. The van der Waals surface area contributed by atoms with Crippen LogP contribution >= 0.6 is 0 Å². The predicted molar refractivity (Wildman–Crippen MR) is 48.7 cm³/mol. The highest BCUT2D eigenvalue weighted by atomic mass is 16.5. The summed E-state index contributed by atoms with van der Waals surface area (Å²) in [5.41, 5.74) is 1.27. The van der Waals surface area contributed by atoms with Crippen LogP contribution in [0.3, 0.4) is 0 Å². The van der Waals surface area contributed by atoms with Gasteiger partial charge < -0.3 is 10.1 Å². The van der Waals surface area contributed by atoms with Crippen LogP contribution in [0.1, 0.15) is 18.5 Å². The van der Waals surface area contributed by atoms with Gasteiger partial charge in [0.15, 0.2) is 0 Å². The van der Waals surface area contributed by atoms with Crippen LogP contribution in [0.4, 0.5) is 0 Å². The first kappa shape index (κ1) is 9.07. The van der Waals surface area contributed by atoms with Crippen LogP contribution in [-0.4, -0.2) is 7.11 Å². The molecule has 0 fully saturated rings. The van der Waals surface area contributed by atoms with Gasteiger partial charge in [-0.15, -0.1) is 0 Å². The second kappa shape index (κ2) is 4.12. The van der Waals surface area contributed by atoms with Crippen molar-refractivity contribution in [2.75, 3.05) is 7.11 Å². The second-order valence-electron chi connectivity index (χ2n) is 2.80. The Bertz CT molecular complexity index is 230. The molecule has 2 N–H and O–H groups in total. The van der Waals surface area contributed by atoms with Crippen LogP contribution in [-0.2, 0) is 0 Å². The fraction of sp³-hybridized carbons (Fsp3) is 0.300. The maximum atomic E-state index is 5.06. The summed E-state index contributed by atoms with van der Waals surface area (Å²) in [6, 6.07) is 8.47. The predicted octanol–water partition coefficient (Wildman–Crippen LogP) is 1.11. The summed E-state index contributed by atoms with van der Waals surface area (Å²) in [4.78, 5) is 0.